The molecule has 0 bridgehead atoms. The van der Waals surface area contributed by atoms with Crippen molar-refractivity contribution in [1.29, 1.82) is 0 Å². The van der Waals surface area contributed by atoms with Gasteiger partial charge in [0.05, 0.1) is 22.0 Å². The number of rotatable bonds is 5. The van der Waals surface area contributed by atoms with Crippen LogP contribution in [0.1, 0.15) is 11.1 Å². The summed E-state index contributed by atoms with van der Waals surface area (Å²) in [6, 6.07) is 10.2. The van der Waals surface area contributed by atoms with Crippen molar-refractivity contribution >= 4 is 50.5 Å². The van der Waals surface area contributed by atoms with Gasteiger partial charge >= 0.3 is 0 Å². The van der Waals surface area contributed by atoms with Crippen molar-refractivity contribution in [3.63, 3.8) is 0 Å². The molecule has 8 heteroatoms. The van der Waals surface area contributed by atoms with Crippen LogP contribution < -0.4 is 9.62 Å². The lowest BCUT2D eigenvalue weighted by Crippen LogP contribution is -2.37. The highest BCUT2D eigenvalue weighted by Gasteiger charge is 2.24. The van der Waals surface area contributed by atoms with Crippen LogP contribution in [0.25, 0.3) is 0 Å². The van der Waals surface area contributed by atoms with Crippen LogP contribution in [0.4, 0.5) is 11.4 Å². The van der Waals surface area contributed by atoms with Gasteiger partial charge in [-0.15, -0.1) is 0 Å². The molecule has 0 saturated carbocycles. The minimum Gasteiger partial charge on any atom is -0.324 e. The Morgan fingerprint density at radius 2 is 1.84 bits per heavy atom. The number of hydrogen-bond donors (Lipinski definition) is 1. The number of benzene rings is 2. The van der Waals surface area contributed by atoms with E-state index in [-0.39, 0.29) is 15.7 Å². The molecule has 0 radical (unpaired) electrons. The van der Waals surface area contributed by atoms with Crippen molar-refractivity contribution in [2.45, 2.75) is 13.8 Å². The molecule has 0 aliphatic carbocycles. The van der Waals surface area contributed by atoms with Gasteiger partial charge in [0, 0.05) is 5.69 Å². The van der Waals surface area contributed by atoms with Gasteiger partial charge in [0.25, 0.3) is 0 Å². The van der Waals surface area contributed by atoms with Crippen molar-refractivity contribution in [1.82, 2.24) is 0 Å². The Hall–Kier alpha value is -1.76. The van der Waals surface area contributed by atoms with Gasteiger partial charge in [0.2, 0.25) is 15.9 Å². The van der Waals surface area contributed by atoms with Crippen LogP contribution in [0, 0.1) is 13.8 Å². The SMILES string of the molecule is Cc1ccc(NC(=O)CN(c2cccc(Cl)c2Cl)S(C)(=O)=O)c(C)c1. The van der Waals surface area contributed by atoms with Crippen molar-refractivity contribution in [2.75, 3.05) is 22.4 Å². The maximum atomic E-state index is 12.4. The Kier molecular flexibility index (Phi) is 5.98. The summed E-state index contributed by atoms with van der Waals surface area (Å²) in [5.74, 6) is -0.478. The second kappa shape index (κ2) is 7.64. The van der Waals surface area contributed by atoms with Crippen LogP contribution in [0.3, 0.4) is 0 Å². The molecule has 0 aliphatic rings. The molecule has 1 N–H and O–H groups in total. The fourth-order valence-electron chi connectivity index (χ4n) is 2.34. The predicted octanol–water partition coefficient (Wildman–Crippen LogP) is 4.01. The summed E-state index contributed by atoms with van der Waals surface area (Å²) < 4.78 is 25.2. The normalized spacial score (nSPS) is 11.2. The number of nitrogens with zero attached hydrogens (tertiary/aromatic N) is 1. The van der Waals surface area contributed by atoms with E-state index in [0.717, 1.165) is 21.7 Å². The first-order valence-corrected chi connectivity index (χ1v) is 9.99. The van der Waals surface area contributed by atoms with E-state index in [9.17, 15) is 13.2 Å². The van der Waals surface area contributed by atoms with Crippen LogP contribution >= 0.6 is 23.2 Å². The fraction of sp³-hybridized carbons (Fsp3) is 0.235. The third kappa shape index (κ3) is 4.87. The smallest absolute Gasteiger partial charge is 0.245 e. The lowest BCUT2D eigenvalue weighted by atomic mass is 10.1. The third-order valence-electron chi connectivity index (χ3n) is 3.54. The van der Waals surface area contributed by atoms with Crippen LogP contribution in [-0.4, -0.2) is 27.1 Å². The first-order valence-electron chi connectivity index (χ1n) is 7.38. The van der Waals surface area contributed by atoms with Gasteiger partial charge in [-0.2, -0.15) is 0 Å². The van der Waals surface area contributed by atoms with E-state index >= 15 is 0 Å². The Morgan fingerprint density at radius 3 is 2.44 bits per heavy atom. The van der Waals surface area contributed by atoms with Gasteiger partial charge in [0.15, 0.2) is 0 Å². The van der Waals surface area contributed by atoms with Gasteiger partial charge in [-0.05, 0) is 37.6 Å². The van der Waals surface area contributed by atoms with Gasteiger partial charge in [-0.1, -0.05) is 47.0 Å². The molecule has 0 saturated heterocycles. The number of carbonyl (C=O) groups is 1. The third-order valence-corrected chi connectivity index (χ3v) is 5.48. The number of hydrogen-bond acceptors (Lipinski definition) is 3. The molecule has 134 valence electrons. The zero-order valence-electron chi connectivity index (χ0n) is 14.0. The zero-order valence-corrected chi connectivity index (χ0v) is 16.3. The fourth-order valence-corrected chi connectivity index (χ4v) is 3.65. The Bertz CT molecular complexity index is 914. The number of amides is 1. The monoisotopic (exact) mass is 400 g/mol. The molecule has 0 spiro atoms. The van der Waals surface area contributed by atoms with Gasteiger partial charge in [-0.25, -0.2) is 8.42 Å². The highest BCUT2D eigenvalue weighted by molar-refractivity contribution is 7.92. The predicted molar refractivity (Wildman–Crippen MR) is 103 cm³/mol. The Labute approximate surface area is 157 Å². The number of halogens is 2. The van der Waals surface area contributed by atoms with Crippen molar-refractivity contribution < 1.29 is 13.2 Å². The molecule has 2 rings (SSSR count). The number of anilines is 2. The Balaban J connectivity index is 2.29. The molecule has 0 aromatic heterocycles. The molecule has 0 heterocycles. The highest BCUT2D eigenvalue weighted by atomic mass is 35.5. The van der Waals surface area contributed by atoms with E-state index in [1.807, 2.05) is 26.0 Å². The van der Waals surface area contributed by atoms with E-state index in [1.54, 1.807) is 18.2 Å². The first kappa shape index (κ1) is 19.6. The second-order valence-corrected chi connectivity index (χ2v) is 8.40. The number of carbonyl (C=O) groups excluding carboxylic acids is 1. The first-order chi connectivity index (χ1) is 11.6. The van der Waals surface area contributed by atoms with Gasteiger partial charge in [-0.3, -0.25) is 9.10 Å². The summed E-state index contributed by atoms with van der Waals surface area (Å²) >= 11 is 12.1. The van der Waals surface area contributed by atoms with Crippen LogP contribution in [-0.2, 0) is 14.8 Å². The molecular weight excluding hydrogens is 383 g/mol. The zero-order chi connectivity index (χ0) is 18.8. The Morgan fingerprint density at radius 1 is 1.16 bits per heavy atom. The largest absolute Gasteiger partial charge is 0.324 e. The van der Waals surface area contributed by atoms with Crippen molar-refractivity contribution in [2.24, 2.45) is 0 Å². The number of sulfonamides is 1. The summed E-state index contributed by atoms with van der Waals surface area (Å²) in [6.45, 7) is 3.40. The molecular formula is C17H18Cl2N2O3S. The summed E-state index contributed by atoms with van der Waals surface area (Å²) in [5.41, 5.74) is 2.74. The lowest BCUT2D eigenvalue weighted by Gasteiger charge is -2.23. The number of aryl methyl sites for hydroxylation is 2. The number of nitrogens with one attached hydrogen (secondary N) is 1. The quantitative estimate of drug-likeness (QED) is 0.823. The molecule has 1 amide bonds. The van der Waals surface area contributed by atoms with Gasteiger partial charge in [0.1, 0.15) is 6.54 Å². The molecule has 0 unspecified atom stereocenters. The summed E-state index contributed by atoms with van der Waals surface area (Å²) in [5, 5.41) is 3.01. The van der Waals surface area contributed by atoms with E-state index < -0.39 is 22.5 Å². The van der Waals surface area contributed by atoms with Crippen LogP contribution in [0.5, 0.6) is 0 Å². The topological polar surface area (TPSA) is 66.5 Å². The van der Waals surface area contributed by atoms with Crippen LogP contribution in [0.2, 0.25) is 10.0 Å². The summed E-state index contributed by atoms with van der Waals surface area (Å²) in [7, 11) is -3.73. The van der Waals surface area contributed by atoms with Gasteiger partial charge < -0.3 is 5.32 Å². The molecule has 2 aromatic rings. The minimum absolute atomic E-state index is 0.0777. The second-order valence-electron chi connectivity index (χ2n) is 5.71. The van der Waals surface area contributed by atoms with E-state index in [1.165, 1.54) is 6.07 Å². The lowest BCUT2D eigenvalue weighted by molar-refractivity contribution is -0.114. The average molecular weight is 401 g/mol. The average Bonchev–Trinajstić information content (AvgIpc) is 2.50. The molecule has 0 atom stereocenters. The molecule has 0 fully saturated rings. The van der Waals surface area contributed by atoms with E-state index in [2.05, 4.69) is 5.32 Å². The van der Waals surface area contributed by atoms with Crippen LogP contribution in [0.15, 0.2) is 36.4 Å². The maximum Gasteiger partial charge on any atom is 0.245 e. The highest BCUT2D eigenvalue weighted by Crippen LogP contribution is 2.33. The van der Waals surface area contributed by atoms with E-state index in [4.69, 9.17) is 23.2 Å². The molecule has 5 nitrogen and oxygen atoms in total. The van der Waals surface area contributed by atoms with Crippen molar-refractivity contribution in [3.8, 4) is 0 Å². The van der Waals surface area contributed by atoms with Crippen molar-refractivity contribution in [3.05, 3.63) is 57.6 Å². The maximum absolute atomic E-state index is 12.4. The summed E-state index contributed by atoms with van der Waals surface area (Å²) in [4.78, 5) is 12.4. The van der Waals surface area contributed by atoms with E-state index in [0.29, 0.717) is 5.69 Å². The molecule has 0 aliphatic heterocycles. The minimum atomic E-state index is -3.73. The standard InChI is InChI=1S/C17H18Cl2N2O3S/c1-11-7-8-14(12(2)9-11)20-16(22)10-21(25(3,23)24)15-6-4-5-13(18)17(15)19/h4-9H,10H2,1-3H3,(H,20,22). The molecule has 25 heavy (non-hydrogen) atoms. The summed E-state index contributed by atoms with van der Waals surface area (Å²) in [6.07, 6.45) is 1.01. The molecule has 2 aromatic carbocycles.